The highest BCUT2D eigenvalue weighted by molar-refractivity contribution is 5.97. The summed E-state index contributed by atoms with van der Waals surface area (Å²) in [5, 5.41) is 3.31. The topological polar surface area (TPSA) is 86.5 Å². The summed E-state index contributed by atoms with van der Waals surface area (Å²) >= 11 is 0. The predicted molar refractivity (Wildman–Crippen MR) is 74.5 cm³/mol. The highest BCUT2D eigenvalue weighted by atomic mass is 16.5. The van der Waals surface area contributed by atoms with E-state index in [1.165, 1.54) is 0 Å². The van der Waals surface area contributed by atoms with Crippen molar-refractivity contribution in [2.45, 2.75) is 44.4 Å². The molecule has 2 bridgehead atoms. The summed E-state index contributed by atoms with van der Waals surface area (Å²) in [6.45, 7) is 2.09. The summed E-state index contributed by atoms with van der Waals surface area (Å²) in [4.78, 5) is 16.0. The molecule has 2 aliphatic heterocycles. The Bertz CT molecular complexity index is 520. The van der Waals surface area contributed by atoms with Crippen LogP contribution in [-0.2, 0) is 9.47 Å². The molecule has 0 spiro atoms. The zero-order valence-electron chi connectivity index (χ0n) is 11.5. The molecule has 3 rings (SSSR count). The molecule has 0 aliphatic carbocycles. The number of aromatic nitrogens is 1. The third kappa shape index (κ3) is 2.31. The van der Waals surface area contributed by atoms with Gasteiger partial charge < -0.3 is 20.5 Å². The minimum Gasteiger partial charge on any atom is -0.462 e. The van der Waals surface area contributed by atoms with Gasteiger partial charge in [-0.1, -0.05) is 0 Å². The van der Waals surface area contributed by atoms with Crippen molar-refractivity contribution >= 4 is 17.5 Å². The average Bonchev–Trinajstić information content (AvgIpc) is 3.04. The molecule has 3 atom stereocenters. The van der Waals surface area contributed by atoms with Crippen LogP contribution in [0.2, 0.25) is 0 Å². The van der Waals surface area contributed by atoms with E-state index in [0.29, 0.717) is 29.8 Å². The van der Waals surface area contributed by atoms with Gasteiger partial charge in [-0.2, -0.15) is 0 Å². The van der Waals surface area contributed by atoms with Crippen molar-refractivity contribution < 1.29 is 14.3 Å². The molecule has 0 amide bonds. The van der Waals surface area contributed by atoms with Crippen LogP contribution in [0.15, 0.2) is 12.3 Å². The first-order chi connectivity index (χ1) is 9.69. The molecule has 20 heavy (non-hydrogen) atoms. The quantitative estimate of drug-likeness (QED) is 0.812. The van der Waals surface area contributed by atoms with Crippen molar-refractivity contribution in [3.05, 3.63) is 17.8 Å². The minimum atomic E-state index is -0.417. The maximum absolute atomic E-state index is 11.8. The lowest BCUT2D eigenvalue weighted by Gasteiger charge is -2.21. The Kier molecular flexibility index (Phi) is 3.48. The minimum absolute atomic E-state index is 0.223. The van der Waals surface area contributed by atoms with Crippen molar-refractivity contribution in [2.24, 2.45) is 0 Å². The van der Waals surface area contributed by atoms with E-state index in [9.17, 15) is 4.79 Å². The third-order valence-corrected chi connectivity index (χ3v) is 3.91. The molecule has 2 saturated heterocycles. The summed E-state index contributed by atoms with van der Waals surface area (Å²) in [5.41, 5.74) is 6.72. The van der Waals surface area contributed by atoms with Crippen LogP contribution in [0.4, 0.5) is 11.5 Å². The number of nitrogens with one attached hydrogen (secondary N) is 1. The molecule has 3 heterocycles. The second-order valence-electron chi connectivity index (χ2n) is 5.20. The molecule has 0 aromatic carbocycles. The number of esters is 1. The van der Waals surface area contributed by atoms with Crippen LogP contribution in [0.1, 0.15) is 36.5 Å². The van der Waals surface area contributed by atoms with Crippen molar-refractivity contribution in [2.75, 3.05) is 17.7 Å². The van der Waals surface area contributed by atoms with Gasteiger partial charge >= 0.3 is 5.97 Å². The van der Waals surface area contributed by atoms with Gasteiger partial charge in [-0.25, -0.2) is 9.78 Å². The van der Waals surface area contributed by atoms with Crippen molar-refractivity contribution in [1.29, 1.82) is 0 Å². The smallest absolute Gasteiger partial charge is 0.340 e. The van der Waals surface area contributed by atoms with E-state index < -0.39 is 5.97 Å². The Hall–Kier alpha value is -1.82. The first kappa shape index (κ1) is 13.2. The zero-order valence-corrected chi connectivity index (χ0v) is 11.5. The number of hydrogen-bond acceptors (Lipinski definition) is 6. The van der Waals surface area contributed by atoms with Gasteiger partial charge in [0.1, 0.15) is 5.82 Å². The molecule has 6 nitrogen and oxygen atoms in total. The van der Waals surface area contributed by atoms with Gasteiger partial charge in [0.15, 0.2) is 0 Å². The number of hydrogen-bond donors (Lipinski definition) is 2. The van der Waals surface area contributed by atoms with Crippen LogP contribution in [0.3, 0.4) is 0 Å². The Balaban J connectivity index is 1.76. The Morgan fingerprint density at radius 3 is 3.10 bits per heavy atom. The summed E-state index contributed by atoms with van der Waals surface area (Å²) in [6.07, 6.45) is 5.32. The molecular formula is C14H19N3O3. The molecule has 0 radical (unpaired) electrons. The van der Waals surface area contributed by atoms with Crippen molar-refractivity contribution in [3.8, 4) is 0 Å². The highest BCUT2D eigenvalue weighted by Gasteiger charge is 2.41. The number of pyridine rings is 1. The first-order valence-electron chi connectivity index (χ1n) is 7.02. The fourth-order valence-corrected chi connectivity index (χ4v) is 2.94. The van der Waals surface area contributed by atoms with Gasteiger partial charge in [0, 0.05) is 6.20 Å². The van der Waals surface area contributed by atoms with Crippen LogP contribution in [0.5, 0.6) is 0 Å². The SMILES string of the molecule is CCOC(=O)c1ccnc(NC2CC3CCC2O3)c1N. The normalized spacial score (nSPS) is 27.6. The number of nitrogens with two attached hydrogens (primary N) is 1. The molecular weight excluding hydrogens is 258 g/mol. The maximum Gasteiger partial charge on any atom is 0.340 e. The molecule has 2 aliphatic rings. The molecule has 1 aromatic heterocycles. The molecule has 3 N–H and O–H groups in total. The summed E-state index contributed by atoms with van der Waals surface area (Å²) < 4.78 is 10.8. The van der Waals surface area contributed by atoms with E-state index in [0.717, 1.165) is 19.3 Å². The van der Waals surface area contributed by atoms with Crippen LogP contribution in [0, 0.1) is 0 Å². The summed E-state index contributed by atoms with van der Waals surface area (Å²) in [6, 6.07) is 1.80. The predicted octanol–water partition coefficient (Wildman–Crippen LogP) is 1.57. The number of nitrogen functional groups attached to an aromatic ring is 1. The van der Waals surface area contributed by atoms with Crippen LogP contribution in [-0.4, -0.2) is 35.8 Å². The first-order valence-corrected chi connectivity index (χ1v) is 7.02. The van der Waals surface area contributed by atoms with E-state index in [-0.39, 0.29) is 12.1 Å². The largest absolute Gasteiger partial charge is 0.462 e. The van der Waals surface area contributed by atoms with E-state index in [1.807, 2.05) is 0 Å². The lowest BCUT2D eigenvalue weighted by Crippen LogP contribution is -2.31. The lowest BCUT2D eigenvalue weighted by molar-refractivity contribution is 0.0527. The number of carbonyl (C=O) groups excluding carboxylic acids is 1. The molecule has 0 saturated carbocycles. The van der Waals surface area contributed by atoms with Gasteiger partial charge in [0.25, 0.3) is 0 Å². The highest BCUT2D eigenvalue weighted by Crippen LogP contribution is 2.36. The Labute approximate surface area is 117 Å². The van der Waals surface area contributed by atoms with Crippen molar-refractivity contribution in [1.82, 2.24) is 4.98 Å². The fraction of sp³-hybridized carbons (Fsp3) is 0.571. The molecule has 108 valence electrons. The molecule has 2 fully saturated rings. The van der Waals surface area contributed by atoms with E-state index in [4.69, 9.17) is 15.2 Å². The maximum atomic E-state index is 11.8. The van der Waals surface area contributed by atoms with Crippen LogP contribution < -0.4 is 11.1 Å². The molecule has 3 unspecified atom stereocenters. The number of rotatable bonds is 4. The van der Waals surface area contributed by atoms with Gasteiger partial charge in [-0.05, 0) is 32.3 Å². The van der Waals surface area contributed by atoms with Crippen LogP contribution in [0.25, 0.3) is 0 Å². The van der Waals surface area contributed by atoms with Crippen molar-refractivity contribution in [3.63, 3.8) is 0 Å². The average molecular weight is 277 g/mol. The molecule has 1 aromatic rings. The van der Waals surface area contributed by atoms with Gasteiger partial charge in [-0.15, -0.1) is 0 Å². The number of fused-ring (bicyclic) bond motifs is 2. The van der Waals surface area contributed by atoms with E-state index >= 15 is 0 Å². The second kappa shape index (κ2) is 5.28. The van der Waals surface area contributed by atoms with Gasteiger partial charge in [0.05, 0.1) is 36.1 Å². The van der Waals surface area contributed by atoms with Gasteiger partial charge in [0.2, 0.25) is 0 Å². The second-order valence-corrected chi connectivity index (χ2v) is 5.20. The fourth-order valence-electron chi connectivity index (χ4n) is 2.94. The molecule has 6 heteroatoms. The lowest BCUT2D eigenvalue weighted by atomic mass is 9.95. The third-order valence-electron chi connectivity index (χ3n) is 3.91. The number of anilines is 2. The Morgan fingerprint density at radius 2 is 2.45 bits per heavy atom. The standard InChI is InChI=1S/C14H19N3O3/c1-2-19-14(18)9-5-6-16-13(12(9)15)17-10-7-8-3-4-11(10)20-8/h5-6,8,10-11H,2-4,7,15H2,1H3,(H,16,17). The van der Waals surface area contributed by atoms with Gasteiger partial charge in [-0.3, -0.25) is 0 Å². The summed E-state index contributed by atoms with van der Waals surface area (Å²) in [5.74, 6) is 0.122. The Morgan fingerprint density at radius 1 is 1.60 bits per heavy atom. The van der Waals surface area contributed by atoms with E-state index in [1.54, 1.807) is 19.2 Å². The number of carbonyl (C=O) groups is 1. The van der Waals surface area contributed by atoms with Crippen LogP contribution >= 0.6 is 0 Å². The van der Waals surface area contributed by atoms with E-state index in [2.05, 4.69) is 10.3 Å². The monoisotopic (exact) mass is 277 g/mol. The number of nitrogens with zero attached hydrogens (tertiary/aromatic N) is 1. The summed E-state index contributed by atoms with van der Waals surface area (Å²) in [7, 11) is 0. The number of ether oxygens (including phenoxy) is 2. The zero-order chi connectivity index (χ0) is 14.1.